The Bertz CT molecular complexity index is 302. The van der Waals surface area contributed by atoms with Crippen LogP contribution in [-0.2, 0) is 6.42 Å². The van der Waals surface area contributed by atoms with Crippen LogP contribution in [-0.4, -0.2) is 16.7 Å². The van der Waals surface area contributed by atoms with Crippen LogP contribution in [0.5, 0.6) is 0 Å². The summed E-state index contributed by atoms with van der Waals surface area (Å²) in [6.45, 7) is 2.36. The Hall–Kier alpha value is -0.410. The van der Waals surface area contributed by atoms with E-state index in [4.69, 9.17) is 0 Å². The molecule has 1 fully saturated rings. The van der Waals surface area contributed by atoms with Gasteiger partial charge in [0.1, 0.15) is 0 Å². The molecular formula is C11H17NOS. The normalized spacial score (nSPS) is 20.1. The van der Waals surface area contributed by atoms with Gasteiger partial charge in [0.05, 0.1) is 10.7 Å². The second-order valence-electron chi connectivity index (χ2n) is 4.40. The van der Waals surface area contributed by atoms with Gasteiger partial charge in [0.2, 0.25) is 0 Å². The third-order valence-electron chi connectivity index (χ3n) is 3.22. The van der Waals surface area contributed by atoms with E-state index < -0.39 is 0 Å². The summed E-state index contributed by atoms with van der Waals surface area (Å²) in [6.07, 6.45) is 5.83. The smallest absolute Gasteiger partial charge is 0.0897 e. The maximum absolute atomic E-state index is 9.46. The van der Waals surface area contributed by atoms with Gasteiger partial charge in [-0.2, -0.15) is 0 Å². The van der Waals surface area contributed by atoms with E-state index in [1.54, 1.807) is 11.3 Å². The van der Waals surface area contributed by atoms with E-state index in [-0.39, 0.29) is 5.41 Å². The lowest BCUT2D eigenvalue weighted by atomic mass is 9.83. The fourth-order valence-electron chi connectivity index (χ4n) is 2.39. The van der Waals surface area contributed by atoms with E-state index in [9.17, 15) is 5.11 Å². The maximum Gasteiger partial charge on any atom is 0.0897 e. The molecule has 78 valence electrons. The quantitative estimate of drug-likeness (QED) is 0.833. The first-order valence-corrected chi connectivity index (χ1v) is 6.14. The first-order valence-electron chi connectivity index (χ1n) is 5.26. The summed E-state index contributed by atoms with van der Waals surface area (Å²) in [5, 5.41) is 12.7. The number of hydrogen-bond donors (Lipinski definition) is 1. The standard InChI is InChI=1S/C11H17NOS/c1-9-12-10(7-14-9)6-11(8-13)4-2-3-5-11/h7,13H,2-6,8H2,1H3. The summed E-state index contributed by atoms with van der Waals surface area (Å²) < 4.78 is 0. The molecule has 3 heteroatoms. The molecule has 1 aliphatic carbocycles. The minimum atomic E-state index is 0.153. The topological polar surface area (TPSA) is 33.1 Å². The molecule has 1 aliphatic rings. The van der Waals surface area contributed by atoms with Crippen LogP contribution in [0.25, 0.3) is 0 Å². The van der Waals surface area contributed by atoms with E-state index in [1.165, 1.54) is 31.4 Å². The van der Waals surface area contributed by atoms with Crippen LogP contribution in [0.3, 0.4) is 0 Å². The fourth-order valence-corrected chi connectivity index (χ4v) is 3.00. The van der Waals surface area contributed by atoms with Crippen molar-refractivity contribution in [2.45, 2.75) is 39.0 Å². The molecule has 14 heavy (non-hydrogen) atoms. The van der Waals surface area contributed by atoms with Gasteiger partial charge in [-0.15, -0.1) is 11.3 Å². The van der Waals surface area contributed by atoms with Crippen LogP contribution < -0.4 is 0 Å². The zero-order chi connectivity index (χ0) is 10.0. The Kier molecular flexibility index (Phi) is 2.88. The number of thiazole rings is 1. The highest BCUT2D eigenvalue weighted by Crippen LogP contribution is 2.40. The average Bonchev–Trinajstić information content (AvgIpc) is 2.77. The number of aromatic nitrogens is 1. The van der Waals surface area contributed by atoms with Crippen LogP contribution in [0.2, 0.25) is 0 Å². The average molecular weight is 211 g/mol. The van der Waals surface area contributed by atoms with Crippen molar-refractivity contribution in [3.63, 3.8) is 0 Å². The van der Waals surface area contributed by atoms with Gasteiger partial charge in [0.25, 0.3) is 0 Å². The summed E-state index contributed by atoms with van der Waals surface area (Å²) >= 11 is 1.70. The predicted octanol–water partition coefficient (Wildman–Crippen LogP) is 2.55. The molecule has 0 spiro atoms. The Morgan fingerprint density at radius 1 is 1.50 bits per heavy atom. The highest BCUT2D eigenvalue weighted by Gasteiger charge is 2.33. The lowest BCUT2D eigenvalue weighted by Gasteiger charge is -2.25. The molecule has 0 aromatic carbocycles. The van der Waals surface area contributed by atoms with Crippen molar-refractivity contribution in [3.8, 4) is 0 Å². The van der Waals surface area contributed by atoms with E-state index in [0.29, 0.717) is 6.61 Å². The molecule has 0 bridgehead atoms. The number of rotatable bonds is 3. The fraction of sp³-hybridized carbons (Fsp3) is 0.727. The molecule has 1 aromatic rings. The molecule has 0 radical (unpaired) electrons. The molecule has 0 unspecified atom stereocenters. The van der Waals surface area contributed by atoms with Crippen LogP contribution in [0, 0.1) is 12.3 Å². The van der Waals surface area contributed by atoms with E-state index >= 15 is 0 Å². The molecule has 1 saturated carbocycles. The molecule has 2 rings (SSSR count). The minimum Gasteiger partial charge on any atom is -0.396 e. The molecule has 1 aromatic heterocycles. The van der Waals surface area contributed by atoms with Gasteiger partial charge in [-0.25, -0.2) is 4.98 Å². The molecule has 1 heterocycles. The molecule has 2 nitrogen and oxygen atoms in total. The summed E-state index contributed by atoms with van der Waals surface area (Å²) in [6, 6.07) is 0. The third-order valence-corrected chi connectivity index (χ3v) is 4.04. The second kappa shape index (κ2) is 3.99. The number of aliphatic hydroxyl groups excluding tert-OH is 1. The Labute approximate surface area is 89.0 Å². The van der Waals surface area contributed by atoms with E-state index in [2.05, 4.69) is 10.4 Å². The number of aryl methyl sites for hydroxylation is 1. The highest BCUT2D eigenvalue weighted by molar-refractivity contribution is 7.09. The minimum absolute atomic E-state index is 0.153. The Morgan fingerprint density at radius 3 is 2.71 bits per heavy atom. The predicted molar refractivity (Wildman–Crippen MR) is 58.5 cm³/mol. The van der Waals surface area contributed by atoms with Gasteiger partial charge < -0.3 is 5.11 Å². The Balaban J connectivity index is 2.08. The van der Waals surface area contributed by atoms with Crippen molar-refractivity contribution in [1.29, 1.82) is 0 Å². The SMILES string of the molecule is Cc1nc(CC2(CO)CCCC2)cs1. The number of nitrogens with zero attached hydrogens (tertiary/aromatic N) is 1. The monoisotopic (exact) mass is 211 g/mol. The lowest BCUT2D eigenvalue weighted by Crippen LogP contribution is -2.24. The lowest BCUT2D eigenvalue weighted by molar-refractivity contribution is 0.129. The molecule has 1 N–H and O–H groups in total. The zero-order valence-electron chi connectivity index (χ0n) is 8.62. The van der Waals surface area contributed by atoms with Crippen molar-refractivity contribution in [2.75, 3.05) is 6.61 Å². The van der Waals surface area contributed by atoms with E-state index in [0.717, 1.165) is 11.4 Å². The van der Waals surface area contributed by atoms with Crippen molar-refractivity contribution < 1.29 is 5.11 Å². The Morgan fingerprint density at radius 2 is 2.21 bits per heavy atom. The summed E-state index contributed by atoms with van der Waals surface area (Å²) in [5.41, 5.74) is 1.32. The highest BCUT2D eigenvalue weighted by atomic mass is 32.1. The van der Waals surface area contributed by atoms with Crippen LogP contribution in [0.15, 0.2) is 5.38 Å². The van der Waals surface area contributed by atoms with Gasteiger partial charge in [-0.05, 0) is 31.6 Å². The summed E-state index contributed by atoms with van der Waals surface area (Å²) in [4.78, 5) is 4.47. The van der Waals surface area contributed by atoms with Gasteiger partial charge in [0.15, 0.2) is 0 Å². The van der Waals surface area contributed by atoms with Crippen LogP contribution in [0.1, 0.15) is 36.4 Å². The second-order valence-corrected chi connectivity index (χ2v) is 5.46. The molecular weight excluding hydrogens is 194 g/mol. The first-order chi connectivity index (χ1) is 6.74. The van der Waals surface area contributed by atoms with E-state index in [1.807, 2.05) is 6.92 Å². The molecule has 0 atom stereocenters. The van der Waals surface area contributed by atoms with Crippen molar-refractivity contribution >= 4 is 11.3 Å². The molecule has 0 aliphatic heterocycles. The van der Waals surface area contributed by atoms with Crippen molar-refractivity contribution in [2.24, 2.45) is 5.41 Å². The first kappa shape index (κ1) is 10.1. The molecule has 0 amide bonds. The summed E-state index contributed by atoms with van der Waals surface area (Å²) in [5.74, 6) is 0. The van der Waals surface area contributed by atoms with Gasteiger partial charge in [-0.3, -0.25) is 0 Å². The van der Waals surface area contributed by atoms with Crippen LogP contribution >= 0.6 is 11.3 Å². The van der Waals surface area contributed by atoms with Gasteiger partial charge in [-0.1, -0.05) is 12.8 Å². The van der Waals surface area contributed by atoms with Crippen molar-refractivity contribution in [3.05, 3.63) is 16.1 Å². The van der Waals surface area contributed by atoms with Gasteiger partial charge in [0, 0.05) is 12.0 Å². The van der Waals surface area contributed by atoms with Crippen molar-refractivity contribution in [1.82, 2.24) is 4.98 Å². The number of aliphatic hydroxyl groups is 1. The largest absolute Gasteiger partial charge is 0.396 e. The van der Waals surface area contributed by atoms with Gasteiger partial charge >= 0.3 is 0 Å². The number of hydrogen-bond acceptors (Lipinski definition) is 3. The maximum atomic E-state index is 9.46. The summed E-state index contributed by atoms with van der Waals surface area (Å²) in [7, 11) is 0. The zero-order valence-corrected chi connectivity index (χ0v) is 9.44. The molecule has 0 saturated heterocycles. The third kappa shape index (κ3) is 1.98. The van der Waals surface area contributed by atoms with Crippen LogP contribution in [0.4, 0.5) is 0 Å².